The Hall–Kier alpha value is -0.0800. The van der Waals surface area contributed by atoms with Gasteiger partial charge in [-0.25, -0.2) is 0 Å². The molecule has 0 unspecified atom stereocenters. The minimum Gasteiger partial charge on any atom is -0.372 e. The zero-order valence-corrected chi connectivity index (χ0v) is 8.48. The number of hydrogen-bond donors (Lipinski definition) is 1. The van der Waals surface area contributed by atoms with Gasteiger partial charge in [0, 0.05) is 11.0 Å². The van der Waals surface area contributed by atoms with Crippen LogP contribution in [0.2, 0.25) is 0 Å². The lowest BCUT2D eigenvalue weighted by Gasteiger charge is -2.44. The summed E-state index contributed by atoms with van der Waals surface area (Å²) in [5, 5.41) is 3.44. The highest BCUT2D eigenvalue weighted by Gasteiger charge is 2.61. The molecular formula is C10H19NO. The lowest BCUT2D eigenvalue weighted by molar-refractivity contribution is 0.0734. The molecule has 0 radical (unpaired) electrons. The maximum Gasteiger partial charge on any atom is 0.0765 e. The van der Waals surface area contributed by atoms with E-state index in [0.717, 1.165) is 0 Å². The van der Waals surface area contributed by atoms with Crippen LogP contribution in [-0.4, -0.2) is 24.8 Å². The molecule has 0 aromatic heterocycles. The highest BCUT2D eigenvalue weighted by Crippen LogP contribution is 2.53. The molecule has 3 atom stereocenters. The van der Waals surface area contributed by atoms with Crippen LogP contribution < -0.4 is 5.32 Å². The third kappa shape index (κ3) is 0.728. The van der Waals surface area contributed by atoms with Gasteiger partial charge in [-0.1, -0.05) is 13.8 Å². The van der Waals surface area contributed by atoms with Crippen LogP contribution in [0.25, 0.3) is 0 Å². The van der Waals surface area contributed by atoms with Gasteiger partial charge >= 0.3 is 0 Å². The van der Waals surface area contributed by atoms with E-state index in [-0.39, 0.29) is 11.0 Å². The summed E-state index contributed by atoms with van der Waals surface area (Å²) < 4.78 is 5.93. The van der Waals surface area contributed by atoms with Crippen LogP contribution in [0, 0.1) is 5.41 Å². The van der Waals surface area contributed by atoms with Gasteiger partial charge in [0.25, 0.3) is 0 Å². The monoisotopic (exact) mass is 169 g/mol. The summed E-state index contributed by atoms with van der Waals surface area (Å²) in [4.78, 5) is 0. The maximum absolute atomic E-state index is 5.93. The summed E-state index contributed by atoms with van der Waals surface area (Å²) in [7, 11) is 2.05. The molecule has 2 fully saturated rings. The van der Waals surface area contributed by atoms with E-state index in [9.17, 15) is 0 Å². The first-order valence-corrected chi connectivity index (χ1v) is 4.87. The number of nitrogens with one attached hydrogen (secondary N) is 1. The van der Waals surface area contributed by atoms with Gasteiger partial charge < -0.3 is 10.1 Å². The molecule has 0 spiro atoms. The summed E-state index contributed by atoms with van der Waals surface area (Å²) in [6.07, 6.45) is 3.38. The third-order valence-corrected chi connectivity index (χ3v) is 4.33. The van der Waals surface area contributed by atoms with Gasteiger partial charge in [-0.15, -0.1) is 0 Å². The van der Waals surface area contributed by atoms with Crippen LogP contribution >= 0.6 is 0 Å². The SMILES string of the molecule is CN[C@]1(C)[C@@H]2CC[C@@H](O2)C1(C)C. The first-order chi connectivity index (χ1) is 5.52. The molecule has 0 amide bonds. The van der Waals surface area contributed by atoms with Gasteiger partial charge in [0.15, 0.2) is 0 Å². The minimum atomic E-state index is 0.177. The Bertz CT molecular complexity index is 202. The number of fused-ring (bicyclic) bond motifs is 2. The number of hydrogen-bond acceptors (Lipinski definition) is 2. The highest BCUT2D eigenvalue weighted by atomic mass is 16.5. The fourth-order valence-electron chi connectivity index (χ4n) is 2.83. The minimum absolute atomic E-state index is 0.177. The van der Waals surface area contributed by atoms with Crippen LogP contribution in [0.5, 0.6) is 0 Å². The molecule has 1 N–H and O–H groups in total. The van der Waals surface area contributed by atoms with Crippen molar-refractivity contribution in [1.82, 2.24) is 5.32 Å². The van der Waals surface area contributed by atoms with Crippen molar-refractivity contribution in [2.45, 2.75) is 51.4 Å². The van der Waals surface area contributed by atoms with E-state index >= 15 is 0 Å². The maximum atomic E-state index is 5.93. The van der Waals surface area contributed by atoms with Crippen LogP contribution in [0.1, 0.15) is 33.6 Å². The van der Waals surface area contributed by atoms with Gasteiger partial charge in [0.05, 0.1) is 12.2 Å². The van der Waals surface area contributed by atoms with Crippen LogP contribution in [0.15, 0.2) is 0 Å². The van der Waals surface area contributed by atoms with Crippen molar-refractivity contribution in [3.05, 3.63) is 0 Å². The van der Waals surface area contributed by atoms with E-state index in [1.807, 2.05) is 7.05 Å². The number of ether oxygens (including phenoxy) is 1. The van der Waals surface area contributed by atoms with E-state index in [0.29, 0.717) is 12.2 Å². The molecule has 12 heavy (non-hydrogen) atoms. The topological polar surface area (TPSA) is 21.3 Å². The third-order valence-electron chi connectivity index (χ3n) is 4.33. The molecule has 2 bridgehead atoms. The van der Waals surface area contributed by atoms with Gasteiger partial charge in [0.1, 0.15) is 0 Å². The predicted octanol–water partition coefficient (Wildman–Crippen LogP) is 1.55. The molecule has 0 saturated carbocycles. The van der Waals surface area contributed by atoms with Gasteiger partial charge in [-0.05, 0) is 26.8 Å². The van der Waals surface area contributed by atoms with Gasteiger partial charge in [0.2, 0.25) is 0 Å². The Morgan fingerprint density at radius 3 is 2.08 bits per heavy atom. The second-order valence-corrected chi connectivity index (χ2v) is 4.86. The average Bonchev–Trinajstić information content (AvgIpc) is 2.55. The van der Waals surface area contributed by atoms with Crippen molar-refractivity contribution in [2.24, 2.45) is 5.41 Å². The van der Waals surface area contributed by atoms with Gasteiger partial charge in [-0.3, -0.25) is 0 Å². The second-order valence-electron chi connectivity index (χ2n) is 4.86. The Morgan fingerprint density at radius 2 is 1.75 bits per heavy atom. The Labute approximate surface area is 74.7 Å². The van der Waals surface area contributed by atoms with Crippen LogP contribution in [0.3, 0.4) is 0 Å². The first kappa shape index (κ1) is 8.52. The highest BCUT2D eigenvalue weighted by molar-refractivity contribution is 5.14. The van der Waals surface area contributed by atoms with E-state index < -0.39 is 0 Å². The summed E-state index contributed by atoms with van der Waals surface area (Å²) in [5.74, 6) is 0. The summed E-state index contributed by atoms with van der Waals surface area (Å²) >= 11 is 0. The zero-order chi connectivity index (χ0) is 8.98. The Balaban J connectivity index is 2.34. The molecule has 2 heterocycles. The second kappa shape index (κ2) is 2.24. The van der Waals surface area contributed by atoms with Crippen molar-refractivity contribution in [2.75, 3.05) is 7.05 Å². The molecule has 2 saturated heterocycles. The standard InChI is InChI=1S/C10H19NO/c1-9(2)7-5-6-8(12-7)10(9,3)11-4/h7-8,11H,5-6H2,1-4H3/t7-,8+,10-/m1/s1. The number of rotatable bonds is 1. The van der Waals surface area contributed by atoms with E-state index in [1.165, 1.54) is 12.8 Å². The zero-order valence-electron chi connectivity index (χ0n) is 8.48. The lowest BCUT2D eigenvalue weighted by atomic mass is 9.64. The average molecular weight is 169 g/mol. The Kier molecular flexibility index (Phi) is 1.59. The molecule has 2 aliphatic heterocycles. The molecule has 2 rings (SSSR count). The van der Waals surface area contributed by atoms with E-state index in [2.05, 4.69) is 26.1 Å². The molecular weight excluding hydrogens is 150 g/mol. The van der Waals surface area contributed by atoms with E-state index in [4.69, 9.17) is 4.74 Å². The summed E-state index contributed by atoms with van der Waals surface area (Å²) in [6, 6.07) is 0. The largest absolute Gasteiger partial charge is 0.372 e. The molecule has 70 valence electrons. The molecule has 0 aliphatic carbocycles. The predicted molar refractivity (Wildman–Crippen MR) is 49.1 cm³/mol. The van der Waals surface area contributed by atoms with Crippen molar-refractivity contribution < 1.29 is 4.74 Å². The molecule has 2 heteroatoms. The van der Waals surface area contributed by atoms with Gasteiger partial charge in [-0.2, -0.15) is 0 Å². The smallest absolute Gasteiger partial charge is 0.0765 e. The fraction of sp³-hybridized carbons (Fsp3) is 1.00. The van der Waals surface area contributed by atoms with Crippen molar-refractivity contribution >= 4 is 0 Å². The van der Waals surface area contributed by atoms with Crippen molar-refractivity contribution in [1.29, 1.82) is 0 Å². The molecule has 2 aliphatic rings. The molecule has 0 aromatic carbocycles. The quantitative estimate of drug-likeness (QED) is 0.643. The van der Waals surface area contributed by atoms with Crippen molar-refractivity contribution in [3.63, 3.8) is 0 Å². The first-order valence-electron chi connectivity index (χ1n) is 4.87. The van der Waals surface area contributed by atoms with E-state index in [1.54, 1.807) is 0 Å². The normalized spacial score (nSPS) is 50.0. The fourth-order valence-corrected chi connectivity index (χ4v) is 2.83. The number of likely N-dealkylation sites (N-methyl/N-ethyl adjacent to an activating group) is 1. The van der Waals surface area contributed by atoms with Crippen LogP contribution in [0.4, 0.5) is 0 Å². The Morgan fingerprint density at radius 1 is 1.17 bits per heavy atom. The van der Waals surface area contributed by atoms with Crippen LogP contribution in [-0.2, 0) is 4.74 Å². The summed E-state index contributed by atoms with van der Waals surface area (Å²) in [6.45, 7) is 6.91. The van der Waals surface area contributed by atoms with Crippen molar-refractivity contribution in [3.8, 4) is 0 Å². The lowest BCUT2D eigenvalue weighted by Crippen LogP contribution is -2.59. The molecule has 2 nitrogen and oxygen atoms in total. The molecule has 0 aromatic rings. The summed E-state index contributed by atoms with van der Waals surface area (Å²) in [5.41, 5.74) is 0.459.